The first kappa shape index (κ1) is 24.0. The van der Waals surface area contributed by atoms with Gasteiger partial charge >= 0.3 is 6.09 Å². The van der Waals surface area contributed by atoms with E-state index >= 15 is 0 Å². The Hall–Kier alpha value is -2.65. The molecule has 1 N–H and O–H groups in total. The molecule has 0 spiro atoms. The number of likely N-dealkylation sites (tertiary alicyclic amines) is 1. The SMILES string of the molecule is COc1nc(N2CCC(F)CC2)c(F)cc1CNC(=O)[C@@H]1CCCN1C(=O)OC(C)(C)C. The third kappa shape index (κ3) is 5.77. The van der Waals surface area contributed by atoms with Crippen LogP contribution in [0.15, 0.2) is 6.07 Å². The number of amides is 2. The Labute approximate surface area is 187 Å². The summed E-state index contributed by atoms with van der Waals surface area (Å²) in [5, 5.41) is 2.76. The lowest BCUT2D eigenvalue weighted by Crippen LogP contribution is -2.47. The van der Waals surface area contributed by atoms with E-state index in [4.69, 9.17) is 9.47 Å². The third-order valence-corrected chi connectivity index (χ3v) is 5.55. The lowest BCUT2D eigenvalue weighted by atomic mass is 10.1. The number of nitrogens with one attached hydrogen (secondary N) is 1. The number of carbonyl (C=O) groups is 2. The Morgan fingerprint density at radius 3 is 2.53 bits per heavy atom. The number of ether oxygens (including phenoxy) is 2. The maximum absolute atomic E-state index is 14.8. The van der Waals surface area contributed by atoms with Gasteiger partial charge in [0.25, 0.3) is 0 Å². The van der Waals surface area contributed by atoms with Crippen LogP contribution >= 0.6 is 0 Å². The smallest absolute Gasteiger partial charge is 0.410 e. The molecule has 2 aliphatic rings. The number of carbonyl (C=O) groups excluding carboxylic acids is 2. The molecule has 8 nitrogen and oxygen atoms in total. The van der Waals surface area contributed by atoms with Gasteiger partial charge in [-0.05, 0) is 52.5 Å². The molecule has 0 bridgehead atoms. The maximum atomic E-state index is 14.8. The summed E-state index contributed by atoms with van der Waals surface area (Å²) in [5.41, 5.74) is -0.275. The molecular formula is C22H32F2N4O4. The van der Waals surface area contributed by atoms with Crippen LogP contribution in [0, 0.1) is 5.82 Å². The first-order chi connectivity index (χ1) is 15.1. The first-order valence-electron chi connectivity index (χ1n) is 11.0. The summed E-state index contributed by atoms with van der Waals surface area (Å²) in [6.45, 7) is 6.52. The number of methoxy groups -OCH3 is 1. The van der Waals surface area contributed by atoms with E-state index in [9.17, 15) is 18.4 Å². The molecule has 0 radical (unpaired) electrons. The number of rotatable bonds is 5. The van der Waals surface area contributed by atoms with E-state index in [1.54, 1.807) is 25.7 Å². The second kappa shape index (κ2) is 9.87. The standard InChI is InChI=1S/C22H32F2N4O4/c1-22(2,3)32-21(30)28-9-5-6-17(28)19(29)25-13-14-12-16(24)18(26-20(14)31-4)27-10-7-15(23)8-11-27/h12,15,17H,5-11,13H2,1-4H3,(H,25,29)/t17-/m0/s1. The van der Waals surface area contributed by atoms with Crippen LogP contribution in [0.25, 0.3) is 0 Å². The van der Waals surface area contributed by atoms with E-state index in [-0.39, 0.29) is 24.1 Å². The van der Waals surface area contributed by atoms with Gasteiger partial charge in [-0.1, -0.05) is 0 Å². The van der Waals surface area contributed by atoms with Crippen LogP contribution < -0.4 is 15.0 Å². The van der Waals surface area contributed by atoms with E-state index in [1.807, 2.05) is 0 Å². The van der Waals surface area contributed by atoms with E-state index in [0.717, 1.165) is 0 Å². The van der Waals surface area contributed by atoms with Crippen molar-refractivity contribution in [1.82, 2.24) is 15.2 Å². The van der Waals surface area contributed by atoms with Crippen LogP contribution in [-0.4, -0.2) is 66.4 Å². The number of hydrogen-bond donors (Lipinski definition) is 1. The summed E-state index contributed by atoms with van der Waals surface area (Å²) in [6, 6.07) is 0.637. The number of alkyl halides is 1. The summed E-state index contributed by atoms with van der Waals surface area (Å²) in [6.07, 6.45) is 0.482. The van der Waals surface area contributed by atoms with Gasteiger partial charge in [-0.3, -0.25) is 9.69 Å². The summed E-state index contributed by atoms with van der Waals surface area (Å²) in [7, 11) is 1.42. The van der Waals surface area contributed by atoms with E-state index in [2.05, 4.69) is 10.3 Å². The van der Waals surface area contributed by atoms with Gasteiger partial charge in [-0.15, -0.1) is 0 Å². The van der Waals surface area contributed by atoms with Gasteiger partial charge in [0, 0.05) is 31.7 Å². The zero-order valence-corrected chi connectivity index (χ0v) is 19.1. The highest BCUT2D eigenvalue weighted by molar-refractivity contribution is 5.86. The molecule has 0 unspecified atom stereocenters. The van der Waals surface area contributed by atoms with Gasteiger partial charge in [-0.25, -0.2) is 13.6 Å². The first-order valence-corrected chi connectivity index (χ1v) is 11.0. The predicted molar refractivity (Wildman–Crippen MR) is 115 cm³/mol. The van der Waals surface area contributed by atoms with Gasteiger partial charge in [-0.2, -0.15) is 4.98 Å². The molecule has 0 aliphatic carbocycles. The molecule has 1 aromatic rings. The van der Waals surface area contributed by atoms with Crippen molar-refractivity contribution in [2.45, 2.75) is 70.8 Å². The Bertz CT molecular complexity index is 838. The molecule has 0 aromatic carbocycles. The highest BCUT2D eigenvalue weighted by atomic mass is 19.1. The van der Waals surface area contributed by atoms with Crippen LogP contribution in [0.4, 0.5) is 19.4 Å². The monoisotopic (exact) mass is 454 g/mol. The quantitative estimate of drug-likeness (QED) is 0.736. The van der Waals surface area contributed by atoms with Gasteiger partial charge in [0.15, 0.2) is 11.6 Å². The zero-order valence-electron chi connectivity index (χ0n) is 19.1. The number of pyridine rings is 1. The largest absolute Gasteiger partial charge is 0.481 e. The summed E-state index contributed by atoms with van der Waals surface area (Å²) < 4.78 is 38.9. The second-order valence-electron chi connectivity index (χ2n) is 9.17. The van der Waals surface area contributed by atoms with Gasteiger partial charge in [0.05, 0.1) is 7.11 Å². The van der Waals surface area contributed by atoms with Crippen molar-refractivity contribution < 1.29 is 27.8 Å². The topological polar surface area (TPSA) is 84.0 Å². The van der Waals surface area contributed by atoms with Crippen LogP contribution in [0.2, 0.25) is 0 Å². The molecule has 2 aliphatic heterocycles. The van der Waals surface area contributed by atoms with Crippen molar-refractivity contribution >= 4 is 17.8 Å². The Morgan fingerprint density at radius 1 is 1.22 bits per heavy atom. The summed E-state index contributed by atoms with van der Waals surface area (Å²) in [4.78, 5) is 32.6. The van der Waals surface area contributed by atoms with Gasteiger partial charge in [0.1, 0.15) is 17.8 Å². The number of hydrogen-bond acceptors (Lipinski definition) is 6. The van der Waals surface area contributed by atoms with Crippen LogP contribution in [0.1, 0.15) is 52.0 Å². The minimum Gasteiger partial charge on any atom is -0.481 e. The van der Waals surface area contributed by atoms with Crippen molar-refractivity contribution in [2.24, 2.45) is 0 Å². The minimum atomic E-state index is -0.874. The van der Waals surface area contributed by atoms with E-state index in [0.29, 0.717) is 50.9 Å². The Balaban J connectivity index is 1.66. The van der Waals surface area contributed by atoms with Crippen molar-refractivity contribution in [2.75, 3.05) is 31.6 Å². The number of halogens is 2. The van der Waals surface area contributed by atoms with Gasteiger partial charge in [0.2, 0.25) is 11.8 Å². The van der Waals surface area contributed by atoms with Crippen LogP contribution in [0.5, 0.6) is 5.88 Å². The van der Waals surface area contributed by atoms with Crippen LogP contribution in [0.3, 0.4) is 0 Å². The van der Waals surface area contributed by atoms with Crippen molar-refractivity contribution in [3.63, 3.8) is 0 Å². The van der Waals surface area contributed by atoms with Crippen molar-refractivity contribution in [3.05, 3.63) is 17.4 Å². The van der Waals surface area contributed by atoms with E-state index in [1.165, 1.54) is 18.1 Å². The molecule has 1 aromatic heterocycles. The molecule has 178 valence electrons. The minimum absolute atomic E-state index is 0.00256. The average molecular weight is 455 g/mol. The second-order valence-corrected chi connectivity index (χ2v) is 9.17. The number of anilines is 1. The fraction of sp³-hybridized carbons (Fsp3) is 0.682. The lowest BCUT2D eigenvalue weighted by Gasteiger charge is -2.30. The summed E-state index contributed by atoms with van der Waals surface area (Å²) >= 11 is 0. The maximum Gasteiger partial charge on any atom is 0.410 e. The van der Waals surface area contributed by atoms with Crippen molar-refractivity contribution in [1.29, 1.82) is 0 Å². The van der Waals surface area contributed by atoms with Crippen molar-refractivity contribution in [3.8, 4) is 5.88 Å². The summed E-state index contributed by atoms with van der Waals surface area (Å²) in [5.74, 6) is -0.580. The number of nitrogens with zero attached hydrogens (tertiary/aromatic N) is 3. The fourth-order valence-electron chi connectivity index (χ4n) is 3.96. The predicted octanol–water partition coefficient (Wildman–Crippen LogP) is 3.18. The normalized spacial score (nSPS) is 19.8. The van der Waals surface area contributed by atoms with Gasteiger partial charge < -0.3 is 19.7 Å². The molecule has 3 rings (SSSR count). The molecule has 10 heteroatoms. The molecule has 32 heavy (non-hydrogen) atoms. The fourth-order valence-corrected chi connectivity index (χ4v) is 3.96. The zero-order chi connectivity index (χ0) is 23.5. The lowest BCUT2D eigenvalue weighted by molar-refractivity contribution is -0.125. The molecule has 2 fully saturated rings. The molecule has 2 saturated heterocycles. The Kier molecular flexibility index (Phi) is 7.40. The molecule has 3 heterocycles. The molecular weight excluding hydrogens is 422 g/mol. The molecule has 1 atom stereocenters. The number of piperidine rings is 1. The average Bonchev–Trinajstić information content (AvgIpc) is 3.22. The Morgan fingerprint density at radius 2 is 1.91 bits per heavy atom. The molecule has 0 saturated carbocycles. The van der Waals surface area contributed by atoms with E-state index < -0.39 is 29.7 Å². The highest BCUT2D eigenvalue weighted by Gasteiger charge is 2.36. The molecule has 2 amide bonds. The van der Waals surface area contributed by atoms with Crippen LogP contribution in [-0.2, 0) is 16.1 Å². The number of aromatic nitrogens is 1. The highest BCUT2D eigenvalue weighted by Crippen LogP contribution is 2.28. The third-order valence-electron chi connectivity index (χ3n) is 5.55.